The number of carboxylic acid groups (broad SMARTS) is 1. The van der Waals surface area contributed by atoms with Crippen molar-refractivity contribution in [1.82, 2.24) is 9.78 Å². The normalized spacial score (nSPS) is 10.7. The molecule has 0 atom stereocenters. The average molecular weight is 393 g/mol. The van der Waals surface area contributed by atoms with E-state index >= 15 is 0 Å². The molecule has 2 aromatic rings. The Morgan fingerprint density at radius 2 is 2.21 bits per heavy atom. The number of aliphatic hydroxyl groups is 1. The molecule has 2 N–H and O–H groups in total. The molecule has 2 rings (SSSR count). The second kappa shape index (κ2) is 5.89. The zero-order valence-corrected chi connectivity index (χ0v) is 12.6. The fraction of sp³-hybridized carbons (Fsp3) is 0.167. The summed E-state index contributed by atoms with van der Waals surface area (Å²) in [7, 11) is 0. The predicted molar refractivity (Wildman–Crippen MR) is 79.0 cm³/mol. The highest BCUT2D eigenvalue weighted by Crippen LogP contribution is 2.22. The first kappa shape index (κ1) is 14.3. The molecule has 0 saturated heterocycles. The lowest BCUT2D eigenvalue weighted by Gasteiger charge is -2.04. The Kier molecular flexibility index (Phi) is 4.43. The molecular formula is C12H10ClIN2O3. The fourth-order valence-electron chi connectivity index (χ4n) is 1.68. The van der Waals surface area contributed by atoms with E-state index < -0.39 is 5.97 Å². The number of aliphatic hydroxyl groups excluding tert-OH is 1. The van der Waals surface area contributed by atoms with Gasteiger partial charge in [-0.1, -0.05) is 11.6 Å². The van der Waals surface area contributed by atoms with Crippen LogP contribution < -0.4 is 0 Å². The van der Waals surface area contributed by atoms with Crippen LogP contribution in [0.1, 0.15) is 16.1 Å². The van der Waals surface area contributed by atoms with Gasteiger partial charge in [0.2, 0.25) is 0 Å². The van der Waals surface area contributed by atoms with Crippen LogP contribution in [-0.4, -0.2) is 32.6 Å². The third kappa shape index (κ3) is 3.07. The summed E-state index contributed by atoms with van der Waals surface area (Å²) < 4.78 is 2.35. The van der Waals surface area contributed by atoms with Gasteiger partial charge in [-0.2, -0.15) is 5.10 Å². The molecular weight excluding hydrogens is 383 g/mol. The van der Waals surface area contributed by atoms with Crippen LogP contribution in [-0.2, 0) is 6.42 Å². The Labute approximate surface area is 128 Å². The molecule has 19 heavy (non-hydrogen) atoms. The molecule has 0 saturated carbocycles. The van der Waals surface area contributed by atoms with E-state index in [1.165, 1.54) is 4.68 Å². The third-order valence-corrected chi connectivity index (χ3v) is 3.63. The van der Waals surface area contributed by atoms with Crippen LogP contribution in [0.3, 0.4) is 0 Å². The topological polar surface area (TPSA) is 75.3 Å². The number of nitrogens with zero attached hydrogens (tertiary/aromatic N) is 2. The molecule has 1 heterocycles. The van der Waals surface area contributed by atoms with E-state index in [9.17, 15) is 4.79 Å². The number of carboxylic acids is 1. The molecule has 1 aromatic carbocycles. The minimum absolute atomic E-state index is 0.0419. The van der Waals surface area contributed by atoms with Crippen molar-refractivity contribution in [2.45, 2.75) is 6.42 Å². The quantitative estimate of drug-likeness (QED) is 0.784. The number of halogens is 2. The van der Waals surface area contributed by atoms with E-state index in [2.05, 4.69) is 27.7 Å². The molecule has 0 bridgehead atoms. The van der Waals surface area contributed by atoms with Crippen molar-refractivity contribution >= 4 is 40.2 Å². The second-order valence-corrected chi connectivity index (χ2v) is 5.42. The van der Waals surface area contributed by atoms with Gasteiger partial charge in [-0.25, -0.2) is 9.48 Å². The highest BCUT2D eigenvalue weighted by molar-refractivity contribution is 14.1. The summed E-state index contributed by atoms with van der Waals surface area (Å²) in [6, 6.07) is 5.25. The minimum Gasteiger partial charge on any atom is -0.476 e. The van der Waals surface area contributed by atoms with Gasteiger partial charge in [0.15, 0.2) is 5.69 Å². The van der Waals surface area contributed by atoms with Crippen LogP contribution in [0.15, 0.2) is 24.4 Å². The predicted octanol–water partition coefficient (Wildman–Crippen LogP) is 2.36. The molecule has 5 nitrogen and oxygen atoms in total. The first-order chi connectivity index (χ1) is 9.02. The first-order valence-corrected chi connectivity index (χ1v) is 6.86. The maximum Gasteiger partial charge on any atom is 0.356 e. The van der Waals surface area contributed by atoms with Crippen molar-refractivity contribution < 1.29 is 15.0 Å². The van der Waals surface area contributed by atoms with Crippen molar-refractivity contribution in [3.05, 3.63) is 44.2 Å². The lowest BCUT2D eigenvalue weighted by molar-refractivity contribution is 0.0688. The molecule has 1 aromatic heterocycles. The van der Waals surface area contributed by atoms with E-state index in [0.717, 1.165) is 9.26 Å². The monoisotopic (exact) mass is 392 g/mol. The van der Waals surface area contributed by atoms with Crippen LogP contribution in [0, 0.1) is 3.57 Å². The Hall–Kier alpha value is -1.12. The summed E-state index contributed by atoms with van der Waals surface area (Å²) in [4.78, 5) is 11.1. The van der Waals surface area contributed by atoms with Crippen molar-refractivity contribution in [3.8, 4) is 5.69 Å². The van der Waals surface area contributed by atoms with Gasteiger partial charge >= 0.3 is 5.97 Å². The van der Waals surface area contributed by atoms with Gasteiger partial charge in [0.05, 0.1) is 5.69 Å². The average Bonchev–Trinajstić information content (AvgIpc) is 2.73. The third-order valence-electron chi connectivity index (χ3n) is 2.53. The highest BCUT2D eigenvalue weighted by atomic mass is 127. The number of hydrogen-bond donors (Lipinski definition) is 2. The molecule has 0 amide bonds. The Morgan fingerprint density at radius 3 is 2.79 bits per heavy atom. The SMILES string of the molecule is O=C(O)c1nn(-c2ccc(Cl)cc2I)cc1CCO. The van der Waals surface area contributed by atoms with Crippen molar-refractivity contribution in [2.24, 2.45) is 0 Å². The number of aromatic nitrogens is 2. The van der Waals surface area contributed by atoms with Gasteiger partial charge in [-0.05, 0) is 47.2 Å². The summed E-state index contributed by atoms with van der Waals surface area (Å²) in [6.45, 7) is -0.121. The maximum absolute atomic E-state index is 11.1. The van der Waals surface area contributed by atoms with Crippen LogP contribution in [0.4, 0.5) is 0 Å². The number of benzene rings is 1. The smallest absolute Gasteiger partial charge is 0.356 e. The van der Waals surface area contributed by atoms with Gasteiger partial charge in [0.25, 0.3) is 0 Å². The van der Waals surface area contributed by atoms with Gasteiger partial charge in [0.1, 0.15) is 0 Å². The molecule has 0 radical (unpaired) electrons. The van der Waals surface area contributed by atoms with Crippen LogP contribution in [0.5, 0.6) is 0 Å². The lowest BCUT2D eigenvalue weighted by Crippen LogP contribution is -2.04. The number of rotatable bonds is 4. The van der Waals surface area contributed by atoms with Crippen LogP contribution in [0.25, 0.3) is 5.69 Å². The molecule has 7 heteroatoms. The van der Waals surface area contributed by atoms with E-state index in [4.69, 9.17) is 21.8 Å². The highest BCUT2D eigenvalue weighted by Gasteiger charge is 2.16. The van der Waals surface area contributed by atoms with E-state index in [1.807, 2.05) is 0 Å². The molecule has 0 fully saturated rings. The van der Waals surface area contributed by atoms with E-state index in [-0.39, 0.29) is 18.7 Å². The largest absolute Gasteiger partial charge is 0.476 e. The van der Waals surface area contributed by atoms with Crippen molar-refractivity contribution in [2.75, 3.05) is 6.61 Å². The minimum atomic E-state index is -1.11. The van der Waals surface area contributed by atoms with Gasteiger partial charge < -0.3 is 10.2 Å². The van der Waals surface area contributed by atoms with Crippen molar-refractivity contribution in [3.63, 3.8) is 0 Å². The molecule has 0 aliphatic rings. The molecule has 100 valence electrons. The number of carbonyl (C=O) groups is 1. The summed E-state index contributed by atoms with van der Waals surface area (Å²) in [6.07, 6.45) is 1.87. The van der Waals surface area contributed by atoms with Crippen LogP contribution in [0.2, 0.25) is 5.02 Å². The zero-order chi connectivity index (χ0) is 14.0. The number of aromatic carboxylic acids is 1. The van der Waals surface area contributed by atoms with Gasteiger partial charge in [-0.3, -0.25) is 0 Å². The number of hydrogen-bond acceptors (Lipinski definition) is 3. The van der Waals surface area contributed by atoms with E-state index in [0.29, 0.717) is 10.6 Å². The first-order valence-electron chi connectivity index (χ1n) is 5.41. The molecule has 0 aliphatic heterocycles. The fourth-order valence-corrected chi connectivity index (χ4v) is 2.80. The Bertz CT molecular complexity index is 627. The Balaban J connectivity index is 2.50. The van der Waals surface area contributed by atoms with Gasteiger partial charge in [-0.15, -0.1) is 0 Å². The molecule has 0 unspecified atom stereocenters. The van der Waals surface area contributed by atoms with Crippen LogP contribution >= 0.6 is 34.2 Å². The van der Waals surface area contributed by atoms with E-state index in [1.54, 1.807) is 24.4 Å². The van der Waals surface area contributed by atoms with Crippen molar-refractivity contribution in [1.29, 1.82) is 0 Å². The lowest BCUT2D eigenvalue weighted by atomic mass is 10.2. The molecule has 0 aliphatic carbocycles. The maximum atomic E-state index is 11.1. The van der Waals surface area contributed by atoms with Gasteiger partial charge in [0, 0.05) is 27.0 Å². The zero-order valence-electron chi connectivity index (χ0n) is 9.68. The second-order valence-electron chi connectivity index (χ2n) is 3.82. The standard InChI is InChI=1S/C12H10ClIN2O3/c13-8-1-2-10(9(14)5-8)16-6-7(3-4-17)11(15-16)12(18)19/h1-2,5-6,17H,3-4H2,(H,18,19). The Morgan fingerprint density at radius 1 is 1.47 bits per heavy atom. The summed E-state index contributed by atoms with van der Waals surface area (Å²) in [5.41, 5.74) is 1.21. The summed E-state index contributed by atoms with van der Waals surface area (Å²) in [5.74, 6) is -1.11. The summed E-state index contributed by atoms with van der Waals surface area (Å²) >= 11 is 7.99. The summed E-state index contributed by atoms with van der Waals surface area (Å²) in [5, 5.41) is 22.7. The molecule has 0 spiro atoms.